The first-order valence-electron chi connectivity index (χ1n) is 17.2. The zero-order valence-corrected chi connectivity index (χ0v) is 28.3. The molecule has 0 bridgehead atoms. The smallest absolute Gasteiger partial charge is 0.188 e. The Hall–Kier alpha value is -7.67. The third-order valence-corrected chi connectivity index (χ3v) is 9.45. The van der Waals surface area contributed by atoms with E-state index in [4.69, 9.17) is 28.1 Å². The van der Waals surface area contributed by atoms with Gasteiger partial charge < -0.3 is 4.57 Å². The summed E-state index contributed by atoms with van der Waals surface area (Å²) in [6.07, 6.45) is 0. The second-order valence-corrected chi connectivity index (χ2v) is 12.7. The monoisotopic (exact) mass is 676 g/mol. The molecule has 0 atom stereocenters. The van der Waals surface area contributed by atoms with E-state index in [0.29, 0.717) is 28.8 Å². The van der Waals surface area contributed by atoms with Crippen LogP contribution < -0.4 is 0 Å². The second-order valence-electron chi connectivity index (χ2n) is 12.7. The van der Waals surface area contributed by atoms with Gasteiger partial charge in [0.15, 0.2) is 28.8 Å². The standard InChI is InChI=1S/C47H28N6/c1-48-36-23-25-42-40(29-36)41-30-37(49-2)24-26-43(41)53(42)44-38(31-15-7-3-8-16-31)27-35(28-39(44)32-17-9-4-10-18-32)47-51-45(33-19-11-5-12-20-33)50-46(52-47)34-21-13-6-14-22-34/h3-30H. The van der Waals surface area contributed by atoms with E-state index in [2.05, 4.69) is 50.7 Å². The first-order valence-corrected chi connectivity index (χ1v) is 17.2. The first-order chi connectivity index (χ1) is 26.2. The van der Waals surface area contributed by atoms with Gasteiger partial charge in [0.25, 0.3) is 0 Å². The third-order valence-electron chi connectivity index (χ3n) is 9.45. The van der Waals surface area contributed by atoms with Crippen molar-refractivity contribution in [1.82, 2.24) is 19.5 Å². The van der Waals surface area contributed by atoms with E-state index in [0.717, 1.165) is 66.4 Å². The molecule has 2 aromatic heterocycles. The molecule has 7 aromatic carbocycles. The molecule has 0 N–H and O–H groups in total. The summed E-state index contributed by atoms with van der Waals surface area (Å²) in [5.74, 6) is 1.74. The molecule has 0 fully saturated rings. The molecule has 0 aliphatic heterocycles. The van der Waals surface area contributed by atoms with Gasteiger partial charge in [-0.2, -0.15) is 0 Å². The molecule has 6 nitrogen and oxygen atoms in total. The van der Waals surface area contributed by atoms with Gasteiger partial charge in [0.2, 0.25) is 0 Å². The highest BCUT2D eigenvalue weighted by Gasteiger charge is 2.23. The Kier molecular flexibility index (Phi) is 7.82. The lowest BCUT2D eigenvalue weighted by molar-refractivity contribution is 1.07. The van der Waals surface area contributed by atoms with Crippen LogP contribution in [0.15, 0.2) is 170 Å². The fraction of sp³-hybridized carbons (Fsp3) is 0. The SMILES string of the molecule is [C-]#[N+]c1ccc2c(c1)c1cc([N+]#[C-])ccc1n2-c1c(-c2ccccc2)cc(-c2nc(-c3ccccc3)nc(-c3ccccc3)n2)cc1-c1ccccc1. The maximum absolute atomic E-state index is 7.77. The molecular formula is C47H28N6. The van der Waals surface area contributed by atoms with E-state index in [1.54, 1.807) is 0 Å². The van der Waals surface area contributed by atoms with Crippen LogP contribution in [0.2, 0.25) is 0 Å². The van der Waals surface area contributed by atoms with Crippen molar-refractivity contribution >= 4 is 33.2 Å². The van der Waals surface area contributed by atoms with Crippen molar-refractivity contribution in [2.24, 2.45) is 0 Å². The van der Waals surface area contributed by atoms with Gasteiger partial charge in [0.1, 0.15) is 0 Å². The Bertz CT molecular complexity index is 2700. The van der Waals surface area contributed by atoms with Crippen molar-refractivity contribution in [2.75, 3.05) is 0 Å². The highest BCUT2D eigenvalue weighted by molar-refractivity contribution is 6.12. The number of hydrogen-bond donors (Lipinski definition) is 0. The van der Waals surface area contributed by atoms with Gasteiger partial charge in [-0.3, -0.25) is 0 Å². The molecule has 0 saturated carbocycles. The fourth-order valence-electron chi connectivity index (χ4n) is 7.00. The van der Waals surface area contributed by atoms with Gasteiger partial charge in [0.05, 0.1) is 29.9 Å². The summed E-state index contributed by atoms with van der Waals surface area (Å²) in [6.45, 7) is 15.5. The largest absolute Gasteiger partial charge is 0.308 e. The first kappa shape index (κ1) is 31.3. The number of benzene rings is 7. The summed E-state index contributed by atoms with van der Waals surface area (Å²) in [5.41, 5.74) is 10.6. The second kappa shape index (κ2) is 13.2. The average Bonchev–Trinajstić information content (AvgIpc) is 3.56. The van der Waals surface area contributed by atoms with E-state index >= 15 is 0 Å². The van der Waals surface area contributed by atoms with Crippen LogP contribution in [0, 0.1) is 13.1 Å². The van der Waals surface area contributed by atoms with Gasteiger partial charge in [-0.15, -0.1) is 0 Å². The Labute approximate surface area is 306 Å². The molecule has 6 heteroatoms. The Morgan fingerprint density at radius 1 is 0.377 bits per heavy atom. The minimum atomic E-state index is 0.546. The van der Waals surface area contributed by atoms with Crippen LogP contribution in [-0.2, 0) is 0 Å². The van der Waals surface area contributed by atoms with Gasteiger partial charge in [-0.25, -0.2) is 24.6 Å². The molecule has 246 valence electrons. The molecule has 53 heavy (non-hydrogen) atoms. The molecule has 0 saturated heterocycles. The van der Waals surface area contributed by atoms with Crippen LogP contribution in [0.5, 0.6) is 0 Å². The molecule has 0 aliphatic rings. The van der Waals surface area contributed by atoms with Crippen molar-refractivity contribution in [2.45, 2.75) is 0 Å². The zero-order valence-electron chi connectivity index (χ0n) is 28.3. The van der Waals surface area contributed by atoms with Crippen molar-refractivity contribution in [3.63, 3.8) is 0 Å². The third kappa shape index (κ3) is 5.67. The maximum atomic E-state index is 7.77. The summed E-state index contributed by atoms with van der Waals surface area (Å²) in [6, 6.07) is 56.7. The summed E-state index contributed by atoms with van der Waals surface area (Å²) < 4.78 is 2.28. The number of fused-ring (bicyclic) bond motifs is 3. The van der Waals surface area contributed by atoms with Crippen LogP contribution in [-0.4, -0.2) is 19.5 Å². The molecule has 2 heterocycles. The van der Waals surface area contributed by atoms with Crippen LogP contribution in [0.1, 0.15) is 0 Å². The molecule has 0 aliphatic carbocycles. The number of rotatable bonds is 6. The highest BCUT2D eigenvalue weighted by atomic mass is 15.0. The van der Waals surface area contributed by atoms with Crippen LogP contribution in [0.3, 0.4) is 0 Å². The molecule has 0 radical (unpaired) electrons. The number of hydrogen-bond acceptors (Lipinski definition) is 3. The fourth-order valence-corrected chi connectivity index (χ4v) is 7.00. The lowest BCUT2D eigenvalue weighted by Gasteiger charge is -2.21. The summed E-state index contributed by atoms with van der Waals surface area (Å²) in [4.78, 5) is 22.7. The maximum Gasteiger partial charge on any atom is 0.188 e. The lowest BCUT2D eigenvalue weighted by atomic mass is 9.92. The van der Waals surface area contributed by atoms with E-state index in [1.807, 2.05) is 133 Å². The Morgan fingerprint density at radius 3 is 1.11 bits per heavy atom. The van der Waals surface area contributed by atoms with E-state index in [9.17, 15) is 0 Å². The topological polar surface area (TPSA) is 52.3 Å². The van der Waals surface area contributed by atoms with E-state index in [1.165, 1.54) is 0 Å². The van der Waals surface area contributed by atoms with Crippen molar-refractivity contribution in [3.05, 3.63) is 193 Å². The van der Waals surface area contributed by atoms with E-state index in [-0.39, 0.29) is 0 Å². The summed E-state index contributed by atoms with van der Waals surface area (Å²) in [5, 5.41) is 1.83. The van der Waals surface area contributed by atoms with Gasteiger partial charge in [-0.1, -0.05) is 133 Å². The molecule has 0 unspecified atom stereocenters. The van der Waals surface area contributed by atoms with Gasteiger partial charge in [-0.05, 0) is 58.3 Å². The number of aromatic nitrogens is 4. The summed E-state index contributed by atoms with van der Waals surface area (Å²) >= 11 is 0. The molecule has 9 aromatic rings. The van der Waals surface area contributed by atoms with Crippen molar-refractivity contribution in [3.8, 4) is 62.1 Å². The average molecular weight is 677 g/mol. The Morgan fingerprint density at radius 2 is 0.736 bits per heavy atom. The normalized spacial score (nSPS) is 11.0. The summed E-state index contributed by atoms with van der Waals surface area (Å²) in [7, 11) is 0. The minimum absolute atomic E-state index is 0.546. The van der Waals surface area contributed by atoms with E-state index < -0.39 is 0 Å². The van der Waals surface area contributed by atoms with Crippen LogP contribution in [0.4, 0.5) is 11.4 Å². The predicted octanol–water partition coefficient (Wildman–Crippen LogP) is 12.4. The number of nitrogens with zero attached hydrogens (tertiary/aromatic N) is 6. The highest BCUT2D eigenvalue weighted by Crippen LogP contribution is 2.44. The Balaban J connectivity index is 1.41. The van der Waals surface area contributed by atoms with Crippen LogP contribution >= 0.6 is 0 Å². The lowest BCUT2D eigenvalue weighted by Crippen LogP contribution is -2.04. The molecule has 0 spiro atoms. The predicted molar refractivity (Wildman–Crippen MR) is 214 cm³/mol. The van der Waals surface area contributed by atoms with Crippen LogP contribution in [0.25, 0.3) is 93.6 Å². The zero-order chi connectivity index (χ0) is 35.7. The molecule has 9 rings (SSSR count). The minimum Gasteiger partial charge on any atom is -0.308 e. The van der Waals surface area contributed by atoms with Crippen molar-refractivity contribution in [1.29, 1.82) is 0 Å². The van der Waals surface area contributed by atoms with Gasteiger partial charge in [0, 0.05) is 27.8 Å². The molecular weight excluding hydrogens is 649 g/mol. The van der Waals surface area contributed by atoms with Crippen molar-refractivity contribution < 1.29 is 0 Å². The quantitative estimate of drug-likeness (QED) is 0.165. The van der Waals surface area contributed by atoms with Gasteiger partial charge >= 0.3 is 0 Å². The molecule has 0 amide bonds.